The van der Waals surface area contributed by atoms with Crippen LogP contribution in [0, 0.1) is 5.41 Å². The Morgan fingerprint density at radius 3 is 2.18 bits per heavy atom. The van der Waals surface area contributed by atoms with Crippen molar-refractivity contribution in [3.8, 4) is 0 Å². The van der Waals surface area contributed by atoms with E-state index in [1.165, 1.54) is 10.4 Å². The topological polar surface area (TPSA) is 83.7 Å². The summed E-state index contributed by atoms with van der Waals surface area (Å²) < 4.78 is 12.8. The molecule has 0 aliphatic carbocycles. The molecule has 2 amide bonds. The van der Waals surface area contributed by atoms with Crippen molar-refractivity contribution < 1.29 is 13.6 Å². The fourth-order valence-electron chi connectivity index (χ4n) is 6.05. The maximum atomic E-state index is 14.3. The van der Waals surface area contributed by atoms with E-state index in [1.54, 1.807) is 22.3 Å². The fourth-order valence-corrected chi connectivity index (χ4v) is 8.37. The minimum absolute atomic E-state index is 0.101. The molecule has 0 fully saturated rings. The van der Waals surface area contributed by atoms with Gasteiger partial charge in [0, 0.05) is 17.4 Å². The maximum Gasteiger partial charge on any atom is 0.331 e. The number of amides is 2. The van der Waals surface area contributed by atoms with Gasteiger partial charge in [0.05, 0.1) is 31.1 Å². The Morgan fingerprint density at radius 2 is 1.54 bits per heavy atom. The van der Waals surface area contributed by atoms with Crippen LogP contribution in [0.15, 0.2) is 144 Å². The molecule has 1 atom stereocenters. The summed E-state index contributed by atoms with van der Waals surface area (Å²) in [6.07, 6.45) is 3.99. The van der Waals surface area contributed by atoms with Crippen LogP contribution in [0.25, 0.3) is 0 Å². The second kappa shape index (κ2) is 14.5. The number of carbonyl (C=O) groups is 1. The Bertz CT molecular complexity index is 1980. The van der Waals surface area contributed by atoms with Crippen molar-refractivity contribution >= 4 is 48.6 Å². The summed E-state index contributed by atoms with van der Waals surface area (Å²) in [4.78, 5) is 27.3. The zero-order chi connectivity index (χ0) is 34.5. The molecule has 6 aromatic rings. The minimum atomic E-state index is -1.54. The van der Waals surface area contributed by atoms with Crippen LogP contribution in [0.2, 0.25) is 0 Å². The Balaban J connectivity index is 1.22. The summed E-state index contributed by atoms with van der Waals surface area (Å²) in [5.74, 6) is 1.68. The molecular weight excluding hydrogens is 639 g/mol. The molecule has 50 heavy (non-hydrogen) atoms. The number of rotatable bonds is 11. The maximum absolute atomic E-state index is 14.3. The number of fused-ring (bicyclic) bond motifs is 1. The monoisotopic (exact) mass is 678 g/mol. The number of nitrogens with one attached hydrogen (secondary N) is 1. The molecular formula is C41H40N5O3Si. The van der Waals surface area contributed by atoms with Gasteiger partial charge in [-0.15, -0.1) is 0 Å². The van der Waals surface area contributed by atoms with Crippen molar-refractivity contribution in [1.82, 2.24) is 14.9 Å². The van der Waals surface area contributed by atoms with Gasteiger partial charge in [0.1, 0.15) is 5.76 Å². The number of anilines is 4. The van der Waals surface area contributed by atoms with Gasteiger partial charge in [0.25, 0.3) is 9.04 Å². The highest BCUT2D eigenvalue weighted by atomic mass is 28.3. The smallest absolute Gasteiger partial charge is 0.331 e. The molecule has 0 bridgehead atoms. The SMILES string of the molecule is CC(C)(C)C(Cc1cccc(N2C(=O)N(Cc3ccco3)Cc3cnc(Nc4ccccc4)nc32)c1)O[Si](c1ccccc1)c1ccccc1. The number of aromatic nitrogens is 2. The molecule has 4 aromatic carbocycles. The third-order valence-electron chi connectivity index (χ3n) is 8.72. The first-order chi connectivity index (χ1) is 24.3. The lowest BCUT2D eigenvalue weighted by Crippen LogP contribution is -2.50. The number of hydrogen-bond donors (Lipinski definition) is 1. The number of benzene rings is 4. The van der Waals surface area contributed by atoms with Gasteiger partial charge in [-0.25, -0.2) is 14.7 Å². The van der Waals surface area contributed by atoms with Gasteiger partial charge in [-0.05, 0) is 64.2 Å². The van der Waals surface area contributed by atoms with Crippen LogP contribution in [0.3, 0.4) is 0 Å². The van der Waals surface area contributed by atoms with Crippen LogP contribution in [0.4, 0.5) is 27.9 Å². The molecule has 0 saturated heterocycles. The van der Waals surface area contributed by atoms with Crippen molar-refractivity contribution in [3.05, 3.63) is 157 Å². The first kappa shape index (κ1) is 33.0. The molecule has 9 heteroatoms. The van der Waals surface area contributed by atoms with E-state index in [9.17, 15) is 4.79 Å². The Kier molecular flexibility index (Phi) is 9.60. The number of furan rings is 1. The first-order valence-corrected chi connectivity index (χ1v) is 18.3. The summed E-state index contributed by atoms with van der Waals surface area (Å²) in [6.45, 7) is 7.37. The molecule has 1 unspecified atom stereocenters. The number of hydrogen-bond acceptors (Lipinski definition) is 6. The highest BCUT2D eigenvalue weighted by Gasteiger charge is 2.35. The van der Waals surface area contributed by atoms with Crippen molar-refractivity contribution in [1.29, 1.82) is 0 Å². The molecule has 0 spiro atoms. The van der Waals surface area contributed by atoms with Crippen molar-refractivity contribution in [2.24, 2.45) is 5.41 Å². The third kappa shape index (κ3) is 7.54. The largest absolute Gasteiger partial charge is 0.467 e. The molecule has 8 nitrogen and oxygen atoms in total. The van der Waals surface area contributed by atoms with E-state index in [1.807, 2.05) is 66.7 Å². The molecule has 1 N–H and O–H groups in total. The lowest BCUT2D eigenvalue weighted by molar-refractivity contribution is 0.0897. The number of urea groups is 1. The van der Waals surface area contributed by atoms with E-state index in [4.69, 9.17) is 13.8 Å². The number of para-hydroxylation sites is 1. The van der Waals surface area contributed by atoms with E-state index in [0.717, 1.165) is 22.5 Å². The van der Waals surface area contributed by atoms with Gasteiger partial charge >= 0.3 is 6.03 Å². The molecule has 1 aliphatic rings. The van der Waals surface area contributed by atoms with Gasteiger partial charge in [-0.1, -0.05) is 112 Å². The quantitative estimate of drug-likeness (QED) is 0.141. The zero-order valence-electron chi connectivity index (χ0n) is 28.5. The van der Waals surface area contributed by atoms with Gasteiger partial charge in [-0.2, -0.15) is 4.98 Å². The minimum Gasteiger partial charge on any atom is -0.467 e. The van der Waals surface area contributed by atoms with Gasteiger partial charge in [-0.3, -0.25) is 0 Å². The zero-order valence-corrected chi connectivity index (χ0v) is 29.5. The van der Waals surface area contributed by atoms with Crippen LogP contribution in [-0.4, -0.2) is 36.0 Å². The highest BCUT2D eigenvalue weighted by molar-refractivity contribution is 6.80. The molecule has 251 valence electrons. The average Bonchev–Trinajstić information content (AvgIpc) is 3.65. The Morgan fingerprint density at radius 1 is 0.860 bits per heavy atom. The van der Waals surface area contributed by atoms with Crippen LogP contribution >= 0.6 is 0 Å². The van der Waals surface area contributed by atoms with E-state index in [0.29, 0.717) is 37.0 Å². The van der Waals surface area contributed by atoms with E-state index >= 15 is 0 Å². The highest BCUT2D eigenvalue weighted by Crippen LogP contribution is 2.36. The molecule has 1 radical (unpaired) electrons. The van der Waals surface area contributed by atoms with Crippen LogP contribution < -0.4 is 20.6 Å². The van der Waals surface area contributed by atoms with Gasteiger partial charge < -0.3 is 19.1 Å². The molecule has 0 saturated carbocycles. The summed E-state index contributed by atoms with van der Waals surface area (Å²) in [5.41, 5.74) is 3.34. The molecule has 1 aliphatic heterocycles. The van der Waals surface area contributed by atoms with Crippen LogP contribution in [0.1, 0.15) is 37.7 Å². The Hall–Kier alpha value is -5.51. The lowest BCUT2D eigenvalue weighted by Gasteiger charge is -2.36. The summed E-state index contributed by atoms with van der Waals surface area (Å²) in [6, 6.07) is 42.5. The standard InChI is InChI=1S/C41H40N5O3Si/c1-41(2,3)37(49-50(35-20-9-5-10-21-35)36-22-11-6-12-23-36)26-30-15-13-18-33(25-30)46-38-31(28-45(40(46)47)29-34-19-14-24-48-34)27-42-39(44-38)43-32-16-7-4-8-17-32/h4-25,27,37H,26,28-29H2,1-3H3,(H,42,43,44). The lowest BCUT2D eigenvalue weighted by atomic mass is 9.85. The second-order valence-corrected chi connectivity index (χ2v) is 15.5. The molecule has 7 rings (SSSR count). The first-order valence-electron chi connectivity index (χ1n) is 16.8. The fraction of sp³-hybridized carbons (Fsp3) is 0.195. The summed E-state index contributed by atoms with van der Waals surface area (Å²) in [5, 5.41) is 5.70. The van der Waals surface area contributed by atoms with Crippen molar-refractivity contribution in [2.45, 2.75) is 46.4 Å². The summed E-state index contributed by atoms with van der Waals surface area (Å²) in [7, 11) is -1.54. The van der Waals surface area contributed by atoms with Gasteiger partial charge in [0.2, 0.25) is 5.95 Å². The average molecular weight is 679 g/mol. The van der Waals surface area contributed by atoms with Crippen LogP contribution in [0.5, 0.6) is 0 Å². The third-order valence-corrected chi connectivity index (χ3v) is 11.0. The predicted molar refractivity (Wildman–Crippen MR) is 200 cm³/mol. The van der Waals surface area contributed by atoms with Crippen molar-refractivity contribution in [2.75, 3.05) is 10.2 Å². The predicted octanol–water partition coefficient (Wildman–Crippen LogP) is 7.87. The molecule has 3 heterocycles. The summed E-state index contributed by atoms with van der Waals surface area (Å²) >= 11 is 0. The number of nitrogens with zero attached hydrogens (tertiary/aromatic N) is 4. The van der Waals surface area contributed by atoms with E-state index < -0.39 is 9.04 Å². The number of carbonyl (C=O) groups excluding carboxylic acids is 1. The molecule has 2 aromatic heterocycles. The van der Waals surface area contributed by atoms with Crippen molar-refractivity contribution in [3.63, 3.8) is 0 Å². The normalized spacial score (nSPS) is 13.7. The van der Waals surface area contributed by atoms with Gasteiger partial charge in [0.15, 0.2) is 5.82 Å². The van der Waals surface area contributed by atoms with E-state index in [-0.39, 0.29) is 17.6 Å². The Labute approximate surface area is 295 Å². The van der Waals surface area contributed by atoms with Crippen LogP contribution in [-0.2, 0) is 23.9 Å². The van der Waals surface area contributed by atoms with E-state index in [2.05, 4.69) is 91.7 Å². The second-order valence-electron chi connectivity index (χ2n) is 13.5.